The minimum Gasteiger partial charge on any atom is -0.495 e. The van der Waals surface area contributed by atoms with E-state index in [9.17, 15) is 4.79 Å². The molecule has 4 nitrogen and oxygen atoms in total. The average molecular weight is 262 g/mol. The number of anilines is 1. The summed E-state index contributed by atoms with van der Waals surface area (Å²) in [7, 11) is 1.61. The number of nitrogens with zero attached hydrogens (tertiary/aromatic N) is 1. The van der Waals surface area contributed by atoms with E-state index in [-0.39, 0.29) is 0 Å². The molecule has 0 radical (unpaired) electrons. The van der Waals surface area contributed by atoms with Crippen LogP contribution in [0.15, 0.2) is 18.2 Å². The van der Waals surface area contributed by atoms with Crippen molar-refractivity contribution < 1.29 is 9.53 Å². The summed E-state index contributed by atoms with van der Waals surface area (Å²) in [6.07, 6.45) is 4.70. The Morgan fingerprint density at radius 2 is 2.11 bits per heavy atom. The second-order valence-corrected chi connectivity index (χ2v) is 5.02. The third-order valence-electron chi connectivity index (χ3n) is 3.61. The largest absolute Gasteiger partial charge is 0.495 e. The van der Waals surface area contributed by atoms with Crippen LogP contribution in [0.1, 0.15) is 31.2 Å². The van der Waals surface area contributed by atoms with Gasteiger partial charge >= 0.3 is 0 Å². The Kier molecular flexibility index (Phi) is 4.66. The molecule has 0 atom stereocenters. The first-order valence-electron chi connectivity index (χ1n) is 6.91. The minimum absolute atomic E-state index is 0.291. The van der Waals surface area contributed by atoms with Gasteiger partial charge in [-0.3, -0.25) is 4.79 Å². The molecule has 1 amide bonds. The van der Waals surface area contributed by atoms with Crippen molar-refractivity contribution in [3.05, 3.63) is 23.8 Å². The zero-order valence-electron chi connectivity index (χ0n) is 11.5. The molecule has 0 aromatic heterocycles. The maximum atomic E-state index is 11.9. The molecule has 1 aliphatic rings. The first-order valence-corrected chi connectivity index (χ1v) is 6.91. The van der Waals surface area contributed by atoms with Crippen molar-refractivity contribution in [2.45, 2.75) is 32.1 Å². The van der Waals surface area contributed by atoms with Crippen LogP contribution in [0.25, 0.3) is 0 Å². The monoisotopic (exact) mass is 262 g/mol. The van der Waals surface area contributed by atoms with Gasteiger partial charge in [0.05, 0.1) is 12.8 Å². The van der Waals surface area contributed by atoms with Gasteiger partial charge in [0.25, 0.3) is 0 Å². The summed E-state index contributed by atoms with van der Waals surface area (Å²) in [5.74, 6) is 0.996. The SMILES string of the molecule is COc1ccc(CCCC(=O)N2CCCC2)cc1N. The fraction of sp³-hybridized carbons (Fsp3) is 0.533. The molecule has 1 heterocycles. The van der Waals surface area contributed by atoms with E-state index in [0.29, 0.717) is 23.8 Å². The third-order valence-corrected chi connectivity index (χ3v) is 3.61. The zero-order chi connectivity index (χ0) is 13.7. The molecule has 4 heteroatoms. The molecule has 2 rings (SSSR count). The smallest absolute Gasteiger partial charge is 0.222 e. The van der Waals surface area contributed by atoms with Crippen LogP contribution in [0.2, 0.25) is 0 Å². The van der Waals surface area contributed by atoms with Crippen LogP contribution in [0.5, 0.6) is 5.75 Å². The third kappa shape index (κ3) is 3.63. The van der Waals surface area contributed by atoms with Crippen LogP contribution in [0.4, 0.5) is 5.69 Å². The Balaban J connectivity index is 1.79. The molecular formula is C15H22N2O2. The van der Waals surface area contributed by atoms with Gasteiger partial charge in [-0.25, -0.2) is 0 Å². The number of nitrogens with two attached hydrogens (primary N) is 1. The number of methoxy groups -OCH3 is 1. The summed E-state index contributed by atoms with van der Waals surface area (Å²) < 4.78 is 5.12. The van der Waals surface area contributed by atoms with Gasteiger partial charge in [0.15, 0.2) is 0 Å². The first-order chi connectivity index (χ1) is 9.20. The van der Waals surface area contributed by atoms with Crippen LogP contribution in [0.3, 0.4) is 0 Å². The number of hydrogen-bond donors (Lipinski definition) is 1. The fourth-order valence-electron chi connectivity index (χ4n) is 2.51. The van der Waals surface area contributed by atoms with Crippen molar-refractivity contribution in [3.8, 4) is 5.75 Å². The highest BCUT2D eigenvalue weighted by atomic mass is 16.5. The number of rotatable bonds is 5. The highest BCUT2D eigenvalue weighted by Gasteiger charge is 2.16. The van der Waals surface area contributed by atoms with Crippen molar-refractivity contribution in [3.63, 3.8) is 0 Å². The van der Waals surface area contributed by atoms with Crippen LogP contribution < -0.4 is 10.5 Å². The lowest BCUT2D eigenvalue weighted by molar-refractivity contribution is -0.130. The van der Waals surface area contributed by atoms with E-state index in [1.165, 1.54) is 0 Å². The Bertz CT molecular complexity index is 440. The number of carbonyl (C=O) groups excluding carboxylic acids is 1. The molecule has 2 N–H and O–H groups in total. The lowest BCUT2D eigenvalue weighted by Crippen LogP contribution is -2.27. The van der Waals surface area contributed by atoms with Gasteiger partial charge in [-0.05, 0) is 43.4 Å². The molecule has 1 aliphatic heterocycles. The van der Waals surface area contributed by atoms with Crippen molar-refractivity contribution >= 4 is 11.6 Å². The second kappa shape index (κ2) is 6.45. The molecule has 1 saturated heterocycles. The van der Waals surface area contributed by atoms with E-state index in [1.54, 1.807) is 7.11 Å². The molecule has 1 fully saturated rings. The van der Waals surface area contributed by atoms with E-state index in [4.69, 9.17) is 10.5 Å². The zero-order valence-corrected chi connectivity index (χ0v) is 11.5. The van der Waals surface area contributed by atoms with Gasteiger partial charge in [-0.1, -0.05) is 6.07 Å². The van der Waals surface area contributed by atoms with Crippen LogP contribution in [-0.2, 0) is 11.2 Å². The van der Waals surface area contributed by atoms with Crippen molar-refractivity contribution in [2.24, 2.45) is 0 Å². The van der Waals surface area contributed by atoms with E-state index in [1.807, 2.05) is 23.1 Å². The predicted octanol–water partition coefficient (Wildman–Crippen LogP) is 2.22. The Morgan fingerprint density at radius 3 is 2.74 bits per heavy atom. The summed E-state index contributed by atoms with van der Waals surface area (Å²) in [5, 5.41) is 0. The molecule has 1 aromatic carbocycles. The lowest BCUT2D eigenvalue weighted by Gasteiger charge is -2.15. The van der Waals surface area contributed by atoms with Crippen molar-refractivity contribution in [2.75, 3.05) is 25.9 Å². The molecule has 19 heavy (non-hydrogen) atoms. The maximum absolute atomic E-state index is 11.9. The van der Waals surface area contributed by atoms with E-state index < -0.39 is 0 Å². The number of hydrogen-bond acceptors (Lipinski definition) is 3. The molecule has 104 valence electrons. The number of carbonyl (C=O) groups is 1. The Labute approximate surface area is 114 Å². The average Bonchev–Trinajstić information content (AvgIpc) is 2.93. The van der Waals surface area contributed by atoms with Crippen molar-refractivity contribution in [1.82, 2.24) is 4.90 Å². The maximum Gasteiger partial charge on any atom is 0.222 e. The number of likely N-dealkylation sites (tertiary alicyclic amines) is 1. The highest BCUT2D eigenvalue weighted by molar-refractivity contribution is 5.76. The van der Waals surface area contributed by atoms with Crippen LogP contribution >= 0.6 is 0 Å². The topological polar surface area (TPSA) is 55.6 Å². The minimum atomic E-state index is 0.291. The van der Waals surface area contributed by atoms with Gasteiger partial charge in [0, 0.05) is 19.5 Å². The summed E-state index contributed by atoms with van der Waals surface area (Å²) in [5.41, 5.74) is 7.68. The van der Waals surface area contributed by atoms with E-state index >= 15 is 0 Å². The molecule has 0 saturated carbocycles. The van der Waals surface area contributed by atoms with Crippen molar-refractivity contribution in [1.29, 1.82) is 0 Å². The molecule has 0 unspecified atom stereocenters. The van der Waals surface area contributed by atoms with Gasteiger partial charge < -0.3 is 15.4 Å². The first kappa shape index (κ1) is 13.7. The molecule has 1 aromatic rings. The van der Waals surface area contributed by atoms with Gasteiger partial charge in [-0.2, -0.15) is 0 Å². The molecule has 0 spiro atoms. The number of nitrogen functional groups attached to an aromatic ring is 1. The highest BCUT2D eigenvalue weighted by Crippen LogP contribution is 2.22. The summed E-state index contributed by atoms with van der Waals surface area (Å²) >= 11 is 0. The Hall–Kier alpha value is -1.71. The summed E-state index contributed by atoms with van der Waals surface area (Å²) in [6, 6.07) is 5.82. The van der Waals surface area contributed by atoms with Crippen LogP contribution in [-0.4, -0.2) is 31.0 Å². The molecule has 0 aliphatic carbocycles. The quantitative estimate of drug-likeness (QED) is 0.828. The fourth-order valence-corrected chi connectivity index (χ4v) is 2.51. The summed E-state index contributed by atoms with van der Waals surface area (Å²) in [4.78, 5) is 13.9. The lowest BCUT2D eigenvalue weighted by atomic mass is 10.1. The predicted molar refractivity (Wildman–Crippen MR) is 76.2 cm³/mol. The number of aryl methyl sites for hydroxylation is 1. The molecular weight excluding hydrogens is 240 g/mol. The van der Waals surface area contributed by atoms with E-state index in [0.717, 1.165) is 44.3 Å². The van der Waals surface area contributed by atoms with E-state index in [2.05, 4.69) is 0 Å². The number of amides is 1. The molecule has 0 bridgehead atoms. The van der Waals surface area contributed by atoms with Gasteiger partial charge in [-0.15, -0.1) is 0 Å². The Morgan fingerprint density at radius 1 is 1.37 bits per heavy atom. The summed E-state index contributed by atoms with van der Waals surface area (Å²) in [6.45, 7) is 1.88. The second-order valence-electron chi connectivity index (χ2n) is 5.02. The number of benzene rings is 1. The normalized spacial score (nSPS) is 14.7. The standard InChI is InChI=1S/C15H22N2O2/c1-19-14-8-7-12(11-13(14)16)5-4-6-15(18)17-9-2-3-10-17/h7-8,11H,2-6,9-10,16H2,1H3. The van der Waals surface area contributed by atoms with Crippen LogP contribution in [0, 0.1) is 0 Å². The number of ether oxygens (including phenoxy) is 1. The van der Waals surface area contributed by atoms with Gasteiger partial charge in [0.2, 0.25) is 5.91 Å². The van der Waals surface area contributed by atoms with Gasteiger partial charge in [0.1, 0.15) is 5.75 Å².